The van der Waals surface area contributed by atoms with Crippen molar-refractivity contribution in [2.75, 3.05) is 39.5 Å². The molecule has 0 aliphatic carbocycles. The van der Waals surface area contributed by atoms with E-state index in [2.05, 4.69) is 41.3 Å². The average molecular weight is 379 g/mol. The summed E-state index contributed by atoms with van der Waals surface area (Å²) in [5.41, 5.74) is 3.88. The monoisotopic (exact) mass is 379 g/mol. The molecule has 2 amide bonds. The molecule has 0 N–H and O–H groups in total. The van der Waals surface area contributed by atoms with Gasteiger partial charge in [0.25, 0.3) is 0 Å². The van der Waals surface area contributed by atoms with E-state index in [1.165, 1.54) is 16.7 Å². The molecule has 2 aromatic rings. The van der Waals surface area contributed by atoms with Crippen molar-refractivity contribution < 1.29 is 14.3 Å². The lowest BCUT2D eigenvalue weighted by atomic mass is 10.0. The van der Waals surface area contributed by atoms with Crippen molar-refractivity contribution >= 4 is 6.03 Å². The third-order valence-electron chi connectivity index (χ3n) is 5.89. The SMILES string of the molecule is O=C(N1CCN(Cc2ccc3c(c2)OCO3)CC1)N1CCc2ccccc2C1. The van der Waals surface area contributed by atoms with Crippen LogP contribution in [0.4, 0.5) is 4.79 Å². The zero-order chi connectivity index (χ0) is 18.9. The number of hydrogen-bond acceptors (Lipinski definition) is 4. The van der Waals surface area contributed by atoms with Gasteiger partial charge >= 0.3 is 6.03 Å². The molecule has 0 aromatic heterocycles. The fourth-order valence-electron chi connectivity index (χ4n) is 4.25. The highest BCUT2D eigenvalue weighted by Gasteiger charge is 2.27. The van der Waals surface area contributed by atoms with Gasteiger partial charge in [0.2, 0.25) is 6.79 Å². The lowest BCUT2D eigenvalue weighted by Gasteiger charge is -2.39. The van der Waals surface area contributed by atoms with E-state index >= 15 is 0 Å². The summed E-state index contributed by atoms with van der Waals surface area (Å²) in [5.74, 6) is 1.65. The summed E-state index contributed by atoms with van der Waals surface area (Å²) in [5, 5.41) is 0. The predicted octanol–water partition coefficient (Wildman–Crippen LogP) is 2.71. The number of urea groups is 1. The van der Waals surface area contributed by atoms with E-state index in [0.717, 1.165) is 63.7 Å². The fraction of sp³-hybridized carbons (Fsp3) is 0.409. The first-order chi connectivity index (χ1) is 13.8. The third kappa shape index (κ3) is 3.40. The summed E-state index contributed by atoms with van der Waals surface area (Å²) in [7, 11) is 0. The summed E-state index contributed by atoms with van der Waals surface area (Å²) in [6.45, 7) is 6.06. The molecular weight excluding hydrogens is 354 g/mol. The van der Waals surface area contributed by atoms with E-state index in [1.807, 2.05) is 15.9 Å². The van der Waals surface area contributed by atoms with Crippen molar-refractivity contribution in [1.82, 2.24) is 14.7 Å². The van der Waals surface area contributed by atoms with Gasteiger partial charge in [0.1, 0.15) is 0 Å². The lowest BCUT2D eigenvalue weighted by Crippen LogP contribution is -2.53. The van der Waals surface area contributed by atoms with E-state index in [-0.39, 0.29) is 6.03 Å². The Hall–Kier alpha value is -2.73. The van der Waals surface area contributed by atoms with Crippen LogP contribution in [-0.2, 0) is 19.5 Å². The first-order valence-corrected chi connectivity index (χ1v) is 9.98. The molecule has 0 spiro atoms. The minimum absolute atomic E-state index is 0.178. The second-order valence-electron chi connectivity index (χ2n) is 7.67. The van der Waals surface area contributed by atoms with Crippen LogP contribution in [-0.4, -0.2) is 60.2 Å². The second-order valence-corrected chi connectivity index (χ2v) is 7.67. The fourth-order valence-corrected chi connectivity index (χ4v) is 4.25. The maximum Gasteiger partial charge on any atom is 0.320 e. The van der Waals surface area contributed by atoms with Crippen LogP contribution >= 0.6 is 0 Å². The molecule has 6 nitrogen and oxygen atoms in total. The minimum Gasteiger partial charge on any atom is -0.454 e. The molecule has 0 atom stereocenters. The quantitative estimate of drug-likeness (QED) is 0.805. The molecule has 3 aliphatic heterocycles. The minimum atomic E-state index is 0.178. The van der Waals surface area contributed by atoms with E-state index in [1.54, 1.807) is 0 Å². The number of fused-ring (bicyclic) bond motifs is 2. The molecular formula is C22H25N3O3. The lowest BCUT2D eigenvalue weighted by molar-refractivity contribution is 0.106. The average Bonchev–Trinajstić information content (AvgIpc) is 3.21. The van der Waals surface area contributed by atoms with Gasteiger partial charge in [0.05, 0.1) is 0 Å². The van der Waals surface area contributed by atoms with Crippen LogP contribution in [0.3, 0.4) is 0 Å². The van der Waals surface area contributed by atoms with Crippen LogP contribution in [0.5, 0.6) is 11.5 Å². The van der Waals surface area contributed by atoms with Crippen LogP contribution < -0.4 is 9.47 Å². The molecule has 3 heterocycles. The van der Waals surface area contributed by atoms with Gasteiger partial charge < -0.3 is 19.3 Å². The highest BCUT2D eigenvalue weighted by atomic mass is 16.7. The second kappa shape index (κ2) is 7.36. The number of rotatable bonds is 2. The zero-order valence-electron chi connectivity index (χ0n) is 16.0. The summed E-state index contributed by atoms with van der Waals surface area (Å²) in [4.78, 5) is 19.4. The Balaban J connectivity index is 1.15. The van der Waals surface area contributed by atoms with Gasteiger partial charge in [-0.3, -0.25) is 4.90 Å². The van der Waals surface area contributed by atoms with Gasteiger partial charge in [-0.05, 0) is 35.2 Å². The Kier molecular flexibility index (Phi) is 4.56. The van der Waals surface area contributed by atoms with E-state index in [9.17, 15) is 4.79 Å². The van der Waals surface area contributed by atoms with E-state index in [4.69, 9.17) is 9.47 Å². The van der Waals surface area contributed by atoms with Gasteiger partial charge in [-0.2, -0.15) is 0 Å². The zero-order valence-corrected chi connectivity index (χ0v) is 16.0. The highest BCUT2D eigenvalue weighted by molar-refractivity contribution is 5.75. The van der Waals surface area contributed by atoms with Crippen molar-refractivity contribution in [3.05, 3.63) is 59.2 Å². The van der Waals surface area contributed by atoms with Crippen molar-refractivity contribution in [3.8, 4) is 11.5 Å². The molecule has 0 unspecified atom stereocenters. The van der Waals surface area contributed by atoms with Crippen LogP contribution in [0.25, 0.3) is 0 Å². The number of amides is 2. The van der Waals surface area contributed by atoms with Crippen molar-refractivity contribution in [3.63, 3.8) is 0 Å². The summed E-state index contributed by atoms with van der Waals surface area (Å²) in [6, 6.07) is 14.8. The number of carbonyl (C=O) groups excluding carboxylic acids is 1. The Labute approximate surface area is 165 Å². The third-order valence-corrected chi connectivity index (χ3v) is 5.89. The van der Waals surface area contributed by atoms with Gasteiger partial charge in [-0.1, -0.05) is 30.3 Å². The summed E-state index contributed by atoms with van der Waals surface area (Å²) < 4.78 is 10.8. The summed E-state index contributed by atoms with van der Waals surface area (Å²) >= 11 is 0. The number of nitrogens with zero attached hydrogens (tertiary/aromatic N) is 3. The molecule has 146 valence electrons. The molecule has 28 heavy (non-hydrogen) atoms. The molecule has 1 fully saturated rings. The largest absolute Gasteiger partial charge is 0.454 e. The number of ether oxygens (including phenoxy) is 2. The van der Waals surface area contributed by atoms with Gasteiger partial charge in [-0.15, -0.1) is 0 Å². The Morgan fingerprint density at radius 1 is 0.857 bits per heavy atom. The van der Waals surface area contributed by atoms with Crippen LogP contribution in [0, 0.1) is 0 Å². The maximum absolute atomic E-state index is 13.0. The van der Waals surface area contributed by atoms with E-state index in [0.29, 0.717) is 6.79 Å². The number of benzene rings is 2. The first-order valence-electron chi connectivity index (χ1n) is 9.98. The number of hydrogen-bond donors (Lipinski definition) is 0. The molecule has 2 aromatic carbocycles. The first kappa shape index (κ1) is 17.4. The molecule has 0 radical (unpaired) electrons. The highest BCUT2D eigenvalue weighted by Crippen LogP contribution is 2.32. The molecule has 0 saturated carbocycles. The molecule has 3 aliphatic rings. The smallest absolute Gasteiger partial charge is 0.320 e. The Morgan fingerprint density at radius 2 is 1.64 bits per heavy atom. The van der Waals surface area contributed by atoms with E-state index < -0.39 is 0 Å². The van der Waals surface area contributed by atoms with Crippen molar-refractivity contribution in [2.45, 2.75) is 19.5 Å². The number of piperazine rings is 1. The molecule has 1 saturated heterocycles. The maximum atomic E-state index is 13.0. The Morgan fingerprint density at radius 3 is 2.50 bits per heavy atom. The van der Waals surface area contributed by atoms with Crippen LogP contribution in [0.2, 0.25) is 0 Å². The normalized spacial score (nSPS) is 18.9. The number of carbonyl (C=O) groups is 1. The van der Waals surface area contributed by atoms with Crippen LogP contribution in [0.15, 0.2) is 42.5 Å². The molecule has 5 rings (SSSR count). The Bertz CT molecular complexity index is 877. The topological polar surface area (TPSA) is 45.3 Å². The summed E-state index contributed by atoms with van der Waals surface area (Å²) in [6.07, 6.45) is 0.950. The van der Waals surface area contributed by atoms with Gasteiger partial charge in [0.15, 0.2) is 11.5 Å². The molecule has 6 heteroatoms. The van der Waals surface area contributed by atoms with Gasteiger partial charge in [0, 0.05) is 45.8 Å². The van der Waals surface area contributed by atoms with Crippen molar-refractivity contribution in [2.24, 2.45) is 0 Å². The predicted molar refractivity (Wildman–Crippen MR) is 105 cm³/mol. The van der Waals surface area contributed by atoms with Crippen LogP contribution in [0.1, 0.15) is 16.7 Å². The van der Waals surface area contributed by atoms with Gasteiger partial charge in [-0.25, -0.2) is 4.79 Å². The molecule has 0 bridgehead atoms. The standard InChI is InChI=1S/C22H25N3O3/c26-22(25-8-7-18-3-1-2-4-19(18)15-25)24-11-9-23(10-12-24)14-17-5-6-20-21(13-17)28-16-27-20/h1-6,13H,7-12,14-16H2. The van der Waals surface area contributed by atoms with Crippen molar-refractivity contribution in [1.29, 1.82) is 0 Å².